The van der Waals surface area contributed by atoms with Crippen LogP contribution in [0.15, 0.2) is 23.1 Å². The van der Waals surface area contributed by atoms with Gasteiger partial charge in [0.25, 0.3) is 11.5 Å². The molecule has 0 atom stereocenters. The molecule has 0 spiro atoms. The van der Waals surface area contributed by atoms with Gasteiger partial charge in [-0.1, -0.05) is 0 Å². The van der Waals surface area contributed by atoms with Crippen LogP contribution in [0.25, 0.3) is 0 Å². The summed E-state index contributed by atoms with van der Waals surface area (Å²) in [5, 5.41) is 3.03. The van der Waals surface area contributed by atoms with E-state index in [9.17, 15) is 9.59 Å². The van der Waals surface area contributed by atoms with E-state index in [1.54, 1.807) is 31.3 Å². The van der Waals surface area contributed by atoms with Crippen molar-refractivity contribution >= 4 is 5.91 Å². The number of rotatable bonds is 5. The maximum Gasteiger partial charge on any atom is 0.253 e. The fourth-order valence-electron chi connectivity index (χ4n) is 1.50. The van der Waals surface area contributed by atoms with Gasteiger partial charge in [-0.3, -0.25) is 9.59 Å². The van der Waals surface area contributed by atoms with Crippen LogP contribution in [0, 0.1) is 0 Å². The Morgan fingerprint density at radius 1 is 1.53 bits per heavy atom. The van der Waals surface area contributed by atoms with Crippen LogP contribution in [0.3, 0.4) is 0 Å². The zero-order valence-corrected chi connectivity index (χ0v) is 10.6. The fraction of sp³-hybridized carbons (Fsp3) is 0.500. The highest BCUT2D eigenvalue weighted by Crippen LogP contribution is 2.00. The molecule has 1 amide bonds. The monoisotopic (exact) mass is 237 g/mol. The van der Waals surface area contributed by atoms with Gasteiger partial charge in [0.1, 0.15) is 0 Å². The highest BCUT2D eigenvalue weighted by Gasteiger charge is 2.11. The van der Waals surface area contributed by atoms with Crippen molar-refractivity contribution in [2.75, 3.05) is 27.2 Å². The molecule has 0 aliphatic carbocycles. The number of hydrogen-bond acceptors (Lipinski definition) is 3. The van der Waals surface area contributed by atoms with Gasteiger partial charge in [-0.05, 0) is 26.1 Å². The largest absolute Gasteiger partial charge is 0.342 e. The Hall–Kier alpha value is -1.62. The maximum atomic E-state index is 12.0. The fourth-order valence-corrected chi connectivity index (χ4v) is 1.50. The van der Waals surface area contributed by atoms with Crippen LogP contribution < -0.4 is 10.9 Å². The molecule has 5 heteroatoms. The van der Waals surface area contributed by atoms with E-state index in [0.29, 0.717) is 12.1 Å². The second-order valence-electron chi connectivity index (χ2n) is 4.05. The molecule has 94 valence electrons. The van der Waals surface area contributed by atoms with Crippen LogP contribution >= 0.6 is 0 Å². The van der Waals surface area contributed by atoms with Gasteiger partial charge in [0.05, 0.1) is 0 Å². The Bertz CT molecular complexity index is 440. The Kier molecular flexibility index (Phi) is 4.90. The first-order valence-corrected chi connectivity index (χ1v) is 5.63. The molecule has 17 heavy (non-hydrogen) atoms. The summed E-state index contributed by atoms with van der Waals surface area (Å²) in [5.74, 6) is -0.112. The number of carbonyl (C=O) groups excluding carboxylic acids is 1. The number of aromatic nitrogens is 1. The van der Waals surface area contributed by atoms with Crippen molar-refractivity contribution in [2.45, 2.75) is 6.42 Å². The topological polar surface area (TPSA) is 54.3 Å². The molecular weight excluding hydrogens is 218 g/mol. The molecule has 0 radical (unpaired) electrons. The van der Waals surface area contributed by atoms with E-state index in [4.69, 9.17) is 0 Å². The van der Waals surface area contributed by atoms with Gasteiger partial charge in [-0.15, -0.1) is 0 Å². The van der Waals surface area contributed by atoms with Crippen LogP contribution in [0.4, 0.5) is 0 Å². The van der Waals surface area contributed by atoms with E-state index in [0.717, 1.165) is 13.0 Å². The van der Waals surface area contributed by atoms with Gasteiger partial charge < -0.3 is 14.8 Å². The molecule has 1 heterocycles. The van der Waals surface area contributed by atoms with Crippen molar-refractivity contribution in [1.82, 2.24) is 14.8 Å². The highest BCUT2D eigenvalue weighted by molar-refractivity contribution is 5.93. The summed E-state index contributed by atoms with van der Waals surface area (Å²) in [6.07, 6.45) is 2.50. The summed E-state index contributed by atoms with van der Waals surface area (Å²) in [4.78, 5) is 25.0. The number of amides is 1. The third-order valence-electron chi connectivity index (χ3n) is 2.62. The predicted octanol–water partition coefficient (Wildman–Crippen LogP) is 0.0668. The number of nitrogens with one attached hydrogen (secondary N) is 1. The lowest BCUT2D eigenvalue weighted by molar-refractivity contribution is 0.0793. The first-order valence-electron chi connectivity index (χ1n) is 5.63. The minimum absolute atomic E-state index is 0.112. The molecule has 1 aromatic rings. The Morgan fingerprint density at radius 3 is 2.82 bits per heavy atom. The van der Waals surface area contributed by atoms with Crippen molar-refractivity contribution in [3.8, 4) is 0 Å². The smallest absolute Gasteiger partial charge is 0.253 e. The van der Waals surface area contributed by atoms with E-state index in [1.165, 1.54) is 10.6 Å². The zero-order valence-electron chi connectivity index (χ0n) is 10.6. The Labute approximate surface area is 101 Å². The summed E-state index contributed by atoms with van der Waals surface area (Å²) >= 11 is 0. The molecule has 0 unspecified atom stereocenters. The van der Waals surface area contributed by atoms with Crippen molar-refractivity contribution < 1.29 is 4.79 Å². The quantitative estimate of drug-likeness (QED) is 0.737. The summed E-state index contributed by atoms with van der Waals surface area (Å²) in [6.45, 7) is 1.54. The van der Waals surface area contributed by atoms with E-state index >= 15 is 0 Å². The lowest BCUT2D eigenvalue weighted by atomic mass is 10.2. The summed E-state index contributed by atoms with van der Waals surface area (Å²) in [7, 11) is 5.28. The van der Waals surface area contributed by atoms with Gasteiger partial charge in [0.15, 0.2) is 0 Å². The average Bonchev–Trinajstić information content (AvgIpc) is 2.32. The zero-order chi connectivity index (χ0) is 12.8. The molecule has 1 aromatic heterocycles. The van der Waals surface area contributed by atoms with Gasteiger partial charge in [0, 0.05) is 38.5 Å². The van der Waals surface area contributed by atoms with Gasteiger partial charge in [-0.25, -0.2) is 0 Å². The van der Waals surface area contributed by atoms with E-state index in [1.807, 2.05) is 7.05 Å². The molecule has 0 aromatic carbocycles. The molecule has 0 saturated heterocycles. The van der Waals surface area contributed by atoms with Crippen LogP contribution in [-0.2, 0) is 7.05 Å². The predicted molar refractivity (Wildman–Crippen MR) is 67.2 cm³/mol. The van der Waals surface area contributed by atoms with Crippen LogP contribution in [0.2, 0.25) is 0 Å². The van der Waals surface area contributed by atoms with Crippen LogP contribution in [-0.4, -0.2) is 42.6 Å². The Balaban J connectivity index is 2.68. The lowest BCUT2D eigenvalue weighted by Crippen LogP contribution is -2.30. The van der Waals surface area contributed by atoms with Gasteiger partial charge in [0.2, 0.25) is 0 Å². The van der Waals surface area contributed by atoms with Gasteiger partial charge >= 0.3 is 0 Å². The summed E-state index contributed by atoms with van der Waals surface area (Å²) < 4.78 is 1.44. The van der Waals surface area contributed by atoms with Gasteiger partial charge in [-0.2, -0.15) is 0 Å². The average molecular weight is 237 g/mol. The number of carbonyl (C=O) groups is 1. The maximum absolute atomic E-state index is 12.0. The van der Waals surface area contributed by atoms with Crippen molar-refractivity contribution in [3.63, 3.8) is 0 Å². The second kappa shape index (κ2) is 6.20. The molecule has 0 saturated carbocycles. The van der Waals surface area contributed by atoms with E-state index in [2.05, 4.69) is 5.32 Å². The number of nitrogens with zero attached hydrogens (tertiary/aromatic N) is 2. The SMILES string of the molecule is CNCCCN(C)C(=O)c1ccn(C)c(=O)c1. The molecule has 1 N–H and O–H groups in total. The van der Waals surface area contributed by atoms with E-state index in [-0.39, 0.29) is 11.5 Å². The first kappa shape index (κ1) is 13.4. The second-order valence-corrected chi connectivity index (χ2v) is 4.05. The normalized spacial score (nSPS) is 10.3. The standard InChI is InChI=1S/C12H19N3O2/c1-13-6-4-7-15(3)12(17)10-5-8-14(2)11(16)9-10/h5,8-9,13H,4,6-7H2,1-3H3. The molecule has 1 rings (SSSR count). The molecule has 5 nitrogen and oxygen atoms in total. The first-order chi connectivity index (χ1) is 8.06. The van der Waals surface area contributed by atoms with Crippen molar-refractivity contribution in [2.24, 2.45) is 7.05 Å². The molecule has 0 aliphatic rings. The van der Waals surface area contributed by atoms with E-state index < -0.39 is 0 Å². The summed E-state index contributed by atoms with van der Waals surface area (Å²) in [5.41, 5.74) is 0.277. The molecule has 0 aliphatic heterocycles. The summed E-state index contributed by atoms with van der Waals surface area (Å²) in [6, 6.07) is 3.04. The van der Waals surface area contributed by atoms with Crippen LogP contribution in [0.1, 0.15) is 16.8 Å². The van der Waals surface area contributed by atoms with Crippen molar-refractivity contribution in [1.29, 1.82) is 0 Å². The number of hydrogen-bond donors (Lipinski definition) is 1. The minimum atomic E-state index is -0.167. The van der Waals surface area contributed by atoms with Crippen molar-refractivity contribution in [3.05, 3.63) is 34.2 Å². The Morgan fingerprint density at radius 2 is 2.24 bits per heavy atom. The molecular formula is C12H19N3O2. The number of pyridine rings is 1. The lowest BCUT2D eigenvalue weighted by Gasteiger charge is -2.17. The number of aryl methyl sites for hydroxylation is 1. The third kappa shape index (κ3) is 3.71. The molecule has 0 bridgehead atoms. The third-order valence-corrected chi connectivity index (χ3v) is 2.62. The minimum Gasteiger partial charge on any atom is -0.342 e. The van der Waals surface area contributed by atoms with Crippen LogP contribution in [0.5, 0.6) is 0 Å². The highest BCUT2D eigenvalue weighted by atomic mass is 16.2. The molecule has 0 fully saturated rings.